The summed E-state index contributed by atoms with van der Waals surface area (Å²) >= 11 is 1.68. The molecule has 1 amide bonds. The average Bonchev–Trinajstić information content (AvgIpc) is 2.90. The summed E-state index contributed by atoms with van der Waals surface area (Å²) in [6.07, 6.45) is 1.01. The van der Waals surface area contributed by atoms with E-state index in [1.54, 1.807) is 11.8 Å². The molecule has 0 radical (unpaired) electrons. The number of hydrogen-bond acceptors (Lipinski definition) is 3. The van der Waals surface area contributed by atoms with Gasteiger partial charge in [0.05, 0.1) is 12.2 Å². The molecule has 3 nitrogen and oxygen atoms in total. The summed E-state index contributed by atoms with van der Waals surface area (Å²) in [6.45, 7) is 2.95. The van der Waals surface area contributed by atoms with Crippen LogP contribution in [0.3, 0.4) is 0 Å². The maximum absolute atomic E-state index is 12.5. The number of carbonyl (C=O) groups excluding carboxylic acids is 1. The molecule has 18 heavy (non-hydrogen) atoms. The van der Waals surface area contributed by atoms with Crippen LogP contribution in [-0.4, -0.2) is 23.4 Å². The van der Waals surface area contributed by atoms with Crippen molar-refractivity contribution in [2.75, 3.05) is 17.2 Å². The van der Waals surface area contributed by atoms with E-state index in [1.807, 2.05) is 35.2 Å². The van der Waals surface area contributed by atoms with E-state index >= 15 is 0 Å². The molecule has 1 saturated carbocycles. The molecule has 4 heteroatoms. The number of anilines is 1. The van der Waals surface area contributed by atoms with Crippen LogP contribution in [0.2, 0.25) is 0 Å². The van der Waals surface area contributed by atoms with Crippen molar-refractivity contribution in [3.63, 3.8) is 0 Å². The molecular formula is C14H16N2OS. The third-order valence-electron chi connectivity index (χ3n) is 3.42. The van der Waals surface area contributed by atoms with Crippen LogP contribution in [-0.2, 0) is 4.79 Å². The Hall–Kier alpha value is -1.29. The number of amidine groups is 1. The van der Waals surface area contributed by atoms with Crippen molar-refractivity contribution in [2.45, 2.75) is 13.3 Å². The van der Waals surface area contributed by atoms with Gasteiger partial charge in [0, 0.05) is 11.7 Å². The minimum Gasteiger partial charge on any atom is -0.274 e. The van der Waals surface area contributed by atoms with Crippen LogP contribution in [0, 0.1) is 11.8 Å². The smallest absolute Gasteiger partial charge is 0.236 e. The average molecular weight is 260 g/mol. The number of amides is 1. The largest absolute Gasteiger partial charge is 0.274 e. The third-order valence-corrected chi connectivity index (χ3v) is 4.38. The predicted octanol–water partition coefficient (Wildman–Crippen LogP) is 2.78. The van der Waals surface area contributed by atoms with Gasteiger partial charge in [0.2, 0.25) is 5.91 Å². The van der Waals surface area contributed by atoms with Crippen molar-refractivity contribution in [3.8, 4) is 0 Å². The molecular weight excluding hydrogens is 244 g/mol. The molecule has 0 bridgehead atoms. The fourth-order valence-electron chi connectivity index (χ4n) is 2.20. The number of thioether (sulfide) groups is 1. The zero-order chi connectivity index (χ0) is 12.5. The number of carbonyl (C=O) groups is 1. The van der Waals surface area contributed by atoms with Gasteiger partial charge in [-0.05, 0) is 24.5 Å². The van der Waals surface area contributed by atoms with Crippen molar-refractivity contribution in [2.24, 2.45) is 16.8 Å². The van der Waals surface area contributed by atoms with E-state index in [9.17, 15) is 4.79 Å². The Labute approximate surface area is 111 Å². The highest BCUT2D eigenvalue weighted by Gasteiger charge is 2.43. The van der Waals surface area contributed by atoms with Gasteiger partial charge in [-0.15, -0.1) is 0 Å². The molecule has 0 aromatic heterocycles. The highest BCUT2D eigenvalue weighted by Crippen LogP contribution is 2.41. The second-order valence-corrected chi connectivity index (χ2v) is 5.90. The quantitative estimate of drug-likeness (QED) is 0.819. The maximum atomic E-state index is 12.5. The molecule has 2 aliphatic rings. The predicted molar refractivity (Wildman–Crippen MR) is 76.0 cm³/mol. The van der Waals surface area contributed by atoms with Gasteiger partial charge < -0.3 is 0 Å². The summed E-state index contributed by atoms with van der Waals surface area (Å²) in [5.41, 5.74) is 0.940. The molecule has 0 N–H and O–H groups in total. The Bertz CT molecular complexity index is 486. The van der Waals surface area contributed by atoms with E-state index in [0.717, 1.165) is 29.6 Å². The van der Waals surface area contributed by atoms with Gasteiger partial charge in [0.15, 0.2) is 5.17 Å². The minimum atomic E-state index is 0.189. The molecule has 0 unspecified atom stereocenters. The van der Waals surface area contributed by atoms with Crippen molar-refractivity contribution >= 4 is 28.5 Å². The Balaban J connectivity index is 1.91. The molecule has 0 saturated heterocycles. The molecule has 2 atom stereocenters. The molecule has 1 aromatic carbocycles. The Morgan fingerprint density at radius 3 is 2.67 bits per heavy atom. The highest BCUT2D eigenvalue weighted by molar-refractivity contribution is 8.14. The van der Waals surface area contributed by atoms with E-state index in [0.29, 0.717) is 5.92 Å². The summed E-state index contributed by atoms with van der Waals surface area (Å²) in [5, 5.41) is 0.866. The fourth-order valence-corrected chi connectivity index (χ4v) is 3.07. The Kier molecular flexibility index (Phi) is 3.12. The van der Waals surface area contributed by atoms with Crippen LogP contribution >= 0.6 is 11.8 Å². The van der Waals surface area contributed by atoms with Crippen LogP contribution < -0.4 is 4.90 Å². The lowest BCUT2D eigenvalue weighted by atomic mass is 10.2. The van der Waals surface area contributed by atoms with Gasteiger partial charge in [0.1, 0.15) is 0 Å². The van der Waals surface area contributed by atoms with Crippen molar-refractivity contribution < 1.29 is 4.79 Å². The van der Waals surface area contributed by atoms with Gasteiger partial charge in [-0.25, -0.2) is 0 Å². The molecule has 1 fully saturated rings. The van der Waals surface area contributed by atoms with Gasteiger partial charge in [-0.3, -0.25) is 14.7 Å². The highest BCUT2D eigenvalue weighted by atomic mass is 32.2. The minimum absolute atomic E-state index is 0.189. The number of nitrogens with zero attached hydrogens (tertiary/aromatic N) is 2. The summed E-state index contributed by atoms with van der Waals surface area (Å²) in [7, 11) is 0. The van der Waals surface area contributed by atoms with Crippen LogP contribution in [0.4, 0.5) is 5.69 Å². The van der Waals surface area contributed by atoms with Crippen LogP contribution in [0.5, 0.6) is 0 Å². The number of aliphatic imine (C=N–C) groups is 1. The normalized spacial score (nSPS) is 25.7. The summed E-state index contributed by atoms with van der Waals surface area (Å²) < 4.78 is 0. The molecule has 0 spiro atoms. The van der Waals surface area contributed by atoms with E-state index in [1.165, 1.54) is 0 Å². The molecule has 1 heterocycles. The lowest BCUT2D eigenvalue weighted by Crippen LogP contribution is -2.36. The lowest BCUT2D eigenvalue weighted by Gasteiger charge is -2.22. The number of para-hydroxylation sites is 1. The Morgan fingerprint density at radius 1 is 1.39 bits per heavy atom. The fraction of sp³-hybridized carbons (Fsp3) is 0.429. The molecule has 3 rings (SSSR count). The van der Waals surface area contributed by atoms with Gasteiger partial charge in [-0.2, -0.15) is 0 Å². The number of benzene rings is 1. The van der Waals surface area contributed by atoms with Gasteiger partial charge in [0.25, 0.3) is 0 Å². The number of hydrogen-bond donors (Lipinski definition) is 0. The van der Waals surface area contributed by atoms with Crippen LogP contribution in [0.15, 0.2) is 35.3 Å². The molecule has 1 aliphatic heterocycles. The van der Waals surface area contributed by atoms with Crippen LogP contribution in [0.25, 0.3) is 0 Å². The maximum Gasteiger partial charge on any atom is 0.236 e. The first-order valence-electron chi connectivity index (χ1n) is 6.33. The van der Waals surface area contributed by atoms with E-state index in [-0.39, 0.29) is 11.8 Å². The summed E-state index contributed by atoms with van der Waals surface area (Å²) in [5.74, 6) is 1.90. The van der Waals surface area contributed by atoms with Gasteiger partial charge in [-0.1, -0.05) is 36.9 Å². The first-order valence-corrected chi connectivity index (χ1v) is 7.32. The summed E-state index contributed by atoms with van der Waals surface area (Å²) in [6, 6.07) is 9.85. The Morgan fingerprint density at radius 2 is 2.11 bits per heavy atom. The first-order chi connectivity index (χ1) is 8.77. The van der Waals surface area contributed by atoms with Crippen molar-refractivity contribution in [1.29, 1.82) is 0 Å². The molecule has 1 aromatic rings. The topological polar surface area (TPSA) is 32.7 Å². The second kappa shape index (κ2) is 4.76. The van der Waals surface area contributed by atoms with Crippen molar-refractivity contribution in [3.05, 3.63) is 30.3 Å². The second-order valence-electron chi connectivity index (χ2n) is 4.84. The lowest BCUT2D eigenvalue weighted by molar-refractivity contribution is -0.119. The van der Waals surface area contributed by atoms with E-state index in [4.69, 9.17) is 0 Å². The zero-order valence-corrected chi connectivity index (χ0v) is 11.2. The molecule has 94 valence electrons. The SMILES string of the molecule is C[C@H]1C[C@H]1C(=O)N(C1=NCCS1)c1ccccc1. The third kappa shape index (κ3) is 2.17. The molecule has 1 aliphatic carbocycles. The van der Waals surface area contributed by atoms with Gasteiger partial charge >= 0.3 is 0 Å². The van der Waals surface area contributed by atoms with Crippen molar-refractivity contribution in [1.82, 2.24) is 0 Å². The van der Waals surface area contributed by atoms with Crippen LogP contribution in [0.1, 0.15) is 13.3 Å². The zero-order valence-electron chi connectivity index (χ0n) is 10.4. The van der Waals surface area contributed by atoms with E-state index < -0.39 is 0 Å². The summed E-state index contributed by atoms with van der Waals surface area (Å²) in [4.78, 5) is 18.8. The standard InChI is InChI=1S/C14H16N2OS/c1-10-9-12(10)13(17)16(14-15-7-8-18-14)11-5-3-2-4-6-11/h2-6,10,12H,7-9H2,1H3/t10-,12+/m0/s1. The van der Waals surface area contributed by atoms with E-state index in [2.05, 4.69) is 11.9 Å². The monoisotopic (exact) mass is 260 g/mol. The first kappa shape index (κ1) is 11.8. The number of rotatable bonds is 2.